The molecular weight excluding hydrogens is 199 g/mol. The molecule has 0 aromatic heterocycles. The van der Waals surface area contributed by atoms with E-state index in [1.807, 2.05) is 6.92 Å². The summed E-state index contributed by atoms with van der Waals surface area (Å²) < 4.78 is 18.3. The molecular formula is C11H13FO3. The van der Waals surface area contributed by atoms with Gasteiger partial charge >= 0.3 is 5.97 Å². The number of hydrogen-bond donors (Lipinski definition) is 1. The fraction of sp³-hybridized carbons (Fsp3) is 0.364. The van der Waals surface area contributed by atoms with Gasteiger partial charge in [0.2, 0.25) is 6.17 Å². The van der Waals surface area contributed by atoms with E-state index in [1.165, 1.54) is 13.2 Å². The number of halogens is 1. The number of rotatable bonds is 3. The van der Waals surface area contributed by atoms with Gasteiger partial charge in [0.15, 0.2) is 0 Å². The van der Waals surface area contributed by atoms with Crippen molar-refractivity contribution < 1.29 is 19.0 Å². The van der Waals surface area contributed by atoms with Crippen molar-refractivity contribution in [2.24, 2.45) is 0 Å². The molecule has 1 aromatic carbocycles. The molecule has 1 unspecified atom stereocenters. The standard InChI is InChI=1S/C11H13FO3/c1-6-4-8(10(12)11(13)14)9(15-3)5-7(6)2/h4-5,10H,1-3H3,(H,13,14). The number of aryl methyl sites for hydroxylation is 2. The summed E-state index contributed by atoms with van der Waals surface area (Å²) in [6.07, 6.45) is -2.04. The first-order valence-corrected chi connectivity index (χ1v) is 4.49. The first kappa shape index (κ1) is 11.5. The zero-order chi connectivity index (χ0) is 11.6. The second-order valence-corrected chi connectivity index (χ2v) is 3.38. The van der Waals surface area contributed by atoms with Crippen LogP contribution < -0.4 is 4.74 Å². The van der Waals surface area contributed by atoms with E-state index >= 15 is 0 Å². The molecule has 0 heterocycles. The average molecular weight is 212 g/mol. The molecule has 3 nitrogen and oxygen atoms in total. The van der Waals surface area contributed by atoms with Crippen LogP contribution in [-0.4, -0.2) is 18.2 Å². The molecule has 0 spiro atoms. The van der Waals surface area contributed by atoms with E-state index in [9.17, 15) is 9.18 Å². The van der Waals surface area contributed by atoms with Gasteiger partial charge in [-0.3, -0.25) is 0 Å². The van der Waals surface area contributed by atoms with Crippen LogP contribution >= 0.6 is 0 Å². The lowest BCUT2D eigenvalue weighted by Crippen LogP contribution is -2.08. The number of methoxy groups -OCH3 is 1. The van der Waals surface area contributed by atoms with Crippen LogP contribution in [-0.2, 0) is 4.79 Å². The van der Waals surface area contributed by atoms with Crippen LogP contribution in [0.4, 0.5) is 4.39 Å². The molecule has 0 saturated heterocycles. The van der Waals surface area contributed by atoms with E-state index in [-0.39, 0.29) is 11.3 Å². The Balaban J connectivity index is 3.27. The summed E-state index contributed by atoms with van der Waals surface area (Å²) in [6.45, 7) is 3.66. The number of carbonyl (C=O) groups is 1. The van der Waals surface area contributed by atoms with Crippen molar-refractivity contribution >= 4 is 5.97 Å². The summed E-state index contributed by atoms with van der Waals surface area (Å²) in [7, 11) is 1.39. The second kappa shape index (κ2) is 4.29. The summed E-state index contributed by atoms with van der Waals surface area (Å²) in [4.78, 5) is 10.5. The highest BCUT2D eigenvalue weighted by atomic mass is 19.1. The van der Waals surface area contributed by atoms with E-state index in [4.69, 9.17) is 9.84 Å². The van der Waals surface area contributed by atoms with Crippen LogP contribution in [0, 0.1) is 13.8 Å². The minimum atomic E-state index is -2.04. The summed E-state index contributed by atoms with van der Waals surface area (Å²) in [6, 6.07) is 3.15. The molecule has 4 heteroatoms. The molecule has 1 N–H and O–H groups in total. The van der Waals surface area contributed by atoms with Gasteiger partial charge in [0.25, 0.3) is 0 Å². The predicted molar refractivity (Wildman–Crippen MR) is 54.0 cm³/mol. The van der Waals surface area contributed by atoms with Crippen molar-refractivity contribution in [3.63, 3.8) is 0 Å². The van der Waals surface area contributed by atoms with Gasteiger partial charge < -0.3 is 9.84 Å². The summed E-state index contributed by atoms with van der Waals surface area (Å²) in [5.74, 6) is -1.23. The first-order chi connectivity index (χ1) is 6.97. The Hall–Kier alpha value is -1.58. The van der Waals surface area contributed by atoms with Gasteiger partial charge in [-0.15, -0.1) is 0 Å². The van der Waals surface area contributed by atoms with Gasteiger partial charge in [0, 0.05) is 5.56 Å². The number of hydrogen-bond acceptors (Lipinski definition) is 2. The molecule has 0 aliphatic rings. The van der Waals surface area contributed by atoms with Crippen LogP contribution in [0.1, 0.15) is 22.9 Å². The largest absolute Gasteiger partial charge is 0.496 e. The lowest BCUT2D eigenvalue weighted by atomic mass is 10.0. The van der Waals surface area contributed by atoms with Crippen molar-refractivity contribution in [1.29, 1.82) is 0 Å². The van der Waals surface area contributed by atoms with E-state index < -0.39 is 12.1 Å². The number of alkyl halides is 1. The first-order valence-electron chi connectivity index (χ1n) is 4.49. The van der Waals surface area contributed by atoms with Crippen molar-refractivity contribution in [3.8, 4) is 5.75 Å². The minimum absolute atomic E-state index is 0.0631. The molecule has 0 aliphatic heterocycles. The summed E-state index contributed by atoms with van der Waals surface area (Å²) >= 11 is 0. The van der Waals surface area contributed by atoms with Gasteiger partial charge in [-0.1, -0.05) is 0 Å². The van der Waals surface area contributed by atoms with Crippen molar-refractivity contribution in [2.75, 3.05) is 7.11 Å². The van der Waals surface area contributed by atoms with Crippen molar-refractivity contribution in [1.82, 2.24) is 0 Å². The molecule has 15 heavy (non-hydrogen) atoms. The molecule has 0 fully saturated rings. The fourth-order valence-corrected chi connectivity index (χ4v) is 1.32. The van der Waals surface area contributed by atoms with Crippen LogP contribution in [0.15, 0.2) is 12.1 Å². The van der Waals surface area contributed by atoms with Crippen LogP contribution in [0.25, 0.3) is 0 Å². The normalized spacial score (nSPS) is 12.3. The van der Waals surface area contributed by atoms with Crippen LogP contribution in [0.2, 0.25) is 0 Å². The van der Waals surface area contributed by atoms with Gasteiger partial charge in [0.05, 0.1) is 7.11 Å². The second-order valence-electron chi connectivity index (χ2n) is 3.38. The highest BCUT2D eigenvalue weighted by Crippen LogP contribution is 2.30. The molecule has 1 aromatic rings. The van der Waals surface area contributed by atoms with Gasteiger partial charge in [0.1, 0.15) is 5.75 Å². The maximum absolute atomic E-state index is 13.3. The quantitative estimate of drug-likeness (QED) is 0.836. The fourth-order valence-electron chi connectivity index (χ4n) is 1.32. The summed E-state index contributed by atoms with van der Waals surface area (Å²) in [5.41, 5.74) is 1.84. The summed E-state index contributed by atoms with van der Waals surface area (Å²) in [5, 5.41) is 8.59. The number of carboxylic acid groups (broad SMARTS) is 1. The Morgan fingerprint density at radius 3 is 2.40 bits per heavy atom. The number of benzene rings is 1. The van der Waals surface area contributed by atoms with E-state index in [1.54, 1.807) is 13.0 Å². The molecule has 82 valence electrons. The highest BCUT2D eigenvalue weighted by molar-refractivity contribution is 5.75. The van der Waals surface area contributed by atoms with Crippen molar-refractivity contribution in [2.45, 2.75) is 20.0 Å². The Kier molecular flexibility index (Phi) is 3.29. The Labute approximate surface area is 87.5 Å². The smallest absolute Gasteiger partial charge is 0.343 e. The lowest BCUT2D eigenvalue weighted by molar-refractivity contribution is -0.143. The third-order valence-electron chi connectivity index (χ3n) is 2.34. The average Bonchev–Trinajstić information content (AvgIpc) is 2.20. The van der Waals surface area contributed by atoms with Gasteiger partial charge in [-0.25, -0.2) is 9.18 Å². The van der Waals surface area contributed by atoms with E-state index in [0.717, 1.165) is 11.1 Å². The SMILES string of the molecule is COc1cc(C)c(C)cc1C(F)C(=O)O. The van der Waals surface area contributed by atoms with Crippen molar-refractivity contribution in [3.05, 3.63) is 28.8 Å². The lowest BCUT2D eigenvalue weighted by Gasteiger charge is -2.12. The highest BCUT2D eigenvalue weighted by Gasteiger charge is 2.23. The Morgan fingerprint density at radius 2 is 1.93 bits per heavy atom. The molecule has 0 bridgehead atoms. The van der Waals surface area contributed by atoms with E-state index in [0.29, 0.717) is 0 Å². The van der Waals surface area contributed by atoms with Gasteiger partial charge in [-0.05, 0) is 37.1 Å². The molecule has 1 rings (SSSR count). The third kappa shape index (κ3) is 2.26. The molecule has 0 saturated carbocycles. The molecule has 0 aliphatic carbocycles. The minimum Gasteiger partial charge on any atom is -0.496 e. The number of ether oxygens (including phenoxy) is 1. The predicted octanol–water partition coefficient (Wildman–Crippen LogP) is 2.41. The van der Waals surface area contributed by atoms with E-state index in [2.05, 4.69) is 0 Å². The zero-order valence-corrected chi connectivity index (χ0v) is 8.87. The number of aliphatic carboxylic acids is 1. The molecule has 0 radical (unpaired) electrons. The third-order valence-corrected chi connectivity index (χ3v) is 2.34. The molecule has 0 amide bonds. The zero-order valence-electron chi connectivity index (χ0n) is 8.87. The Bertz CT molecular complexity index is 388. The van der Waals surface area contributed by atoms with Crippen LogP contribution in [0.5, 0.6) is 5.75 Å². The maximum atomic E-state index is 13.3. The van der Waals surface area contributed by atoms with Gasteiger partial charge in [-0.2, -0.15) is 0 Å². The topological polar surface area (TPSA) is 46.5 Å². The van der Waals surface area contributed by atoms with Crippen LogP contribution in [0.3, 0.4) is 0 Å². The Morgan fingerprint density at radius 1 is 1.40 bits per heavy atom. The monoisotopic (exact) mass is 212 g/mol. The number of carboxylic acids is 1. The maximum Gasteiger partial charge on any atom is 0.343 e. The molecule has 1 atom stereocenters.